The van der Waals surface area contributed by atoms with Crippen LogP contribution in [0.3, 0.4) is 0 Å². The average molecular weight is 527 g/mol. The van der Waals surface area contributed by atoms with Gasteiger partial charge in [-0.05, 0) is 34.5 Å². The smallest absolute Gasteiger partial charge is 0.227 e. The van der Waals surface area contributed by atoms with Crippen LogP contribution in [0.5, 0.6) is 0 Å². The summed E-state index contributed by atoms with van der Waals surface area (Å²) in [6.45, 7) is 0. The number of nitrogens with zero attached hydrogens (tertiary/aromatic N) is 4. The van der Waals surface area contributed by atoms with Gasteiger partial charge in [0.15, 0.2) is 17.5 Å². The Morgan fingerprint density at radius 1 is 0.463 bits per heavy atom. The number of furan rings is 1. The van der Waals surface area contributed by atoms with Crippen LogP contribution in [0.1, 0.15) is 0 Å². The molecule has 0 bridgehead atoms. The lowest BCUT2D eigenvalue weighted by molar-refractivity contribution is 0.655. The molecule has 0 saturated heterocycles. The van der Waals surface area contributed by atoms with Crippen molar-refractivity contribution in [2.24, 2.45) is 0 Å². The van der Waals surface area contributed by atoms with Crippen LogP contribution in [0.2, 0.25) is 0 Å². The molecule has 0 saturated carbocycles. The molecule has 8 rings (SSSR count). The van der Waals surface area contributed by atoms with E-state index in [0.29, 0.717) is 23.2 Å². The van der Waals surface area contributed by atoms with E-state index in [9.17, 15) is 0 Å². The Bertz CT molecular complexity index is 2130. The van der Waals surface area contributed by atoms with E-state index in [4.69, 9.17) is 19.4 Å². The van der Waals surface area contributed by atoms with E-state index in [1.54, 1.807) is 6.20 Å². The number of hydrogen-bond donors (Lipinski definition) is 0. The highest BCUT2D eigenvalue weighted by Crippen LogP contribution is 2.40. The first-order valence-electron chi connectivity index (χ1n) is 13.5. The third kappa shape index (κ3) is 4.03. The third-order valence-corrected chi connectivity index (χ3v) is 7.39. The lowest BCUT2D eigenvalue weighted by Crippen LogP contribution is -2.00. The molecule has 3 heterocycles. The van der Waals surface area contributed by atoms with Crippen molar-refractivity contribution in [3.8, 4) is 45.3 Å². The van der Waals surface area contributed by atoms with Crippen molar-refractivity contribution in [3.63, 3.8) is 0 Å². The van der Waals surface area contributed by atoms with E-state index in [1.807, 2.05) is 66.7 Å². The topological polar surface area (TPSA) is 64.7 Å². The molecule has 5 heteroatoms. The molecule has 0 radical (unpaired) electrons. The highest BCUT2D eigenvalue weighted by molar-refractivity contribution is 6.21. The molecule has 8 aromatic rings. The van der Waals surface area contributed by atoms with Crippen molar-refractivity contribution < 1.29 is 4.42 Å². The van der Waals surface area contributed by atoms with Crippen LogP contribution >= 0.6 is 0 Å². The number of benzene rings is 5. The largest absolute Gasteiger partial charge is 0.437 e. The van der Waals surface area contributed by atoms with Crippen molar-refractivity contribution in [2.45, 2.75) is 0 Å². The van der Waals surface area contributed by atoms with Crippen molar-refractivity contribution in [1.29, 1.82) is 0 Å². The monoisotopic (exact) mass is 526 g/mol. The molecule has 0 aliphatic heterocycles. The van der Waals surface area contributed by atoms with Crippen LogP contribution in [0.15, 0.2) is 138 Å². The first-order valence-corrected chi connectivity index (χ1v) is 13.5. The second-order valence-electron chi connectivity index (χ2n) is 9.92. The fraction of sp³-hybridized carbons (Fsp3) is 0. The normalized spacial score (nSPS) is 11.4. The first kappa shape index (κ1) is 23.2. The number of rotatable bonds is 4. The van der Waals surface area contributed by atoms with Gasteiger partial charge in [0.1, 0.15) is 5.58 Å². The van der Waals surface area contributed by atoms with E-state index in [1.165, 1.54) is 0 Å². The minimum absolute atomic E-state index is 0.626. The molecule has 41 heavy (non-hydrogen) atoms. The van der Waals surface area contributed by atoms with Crippen molar-refractivity contribution in [2.75, 3.05) is 0 Å². The summed E-state index contributed by atoms with van der Waals surface area (Å²) in [5, 5.41) is 4.41. The van der Waals surface area contributed by atoms with Crippen molar-refractivity contribution >= 4 is 32.8 Å². The van der Waals surface area contributed by atoms with Crippen LogP contribution in [-0.2, 0) is 0 Å². The highest BCUT2D eigenvalue weighted by atomic mass is 16.3. The van der Waals surface area contributed by atoms with Gasteiger partial charge in [-0.15, -0.1) is 0 Å². The standard InChI is InChI=1S/C36H22N4O/c1-3-10-24(11-4-1)33-38-34(25-12-5-2-6-13-25)40-35(39-33)26-19-17-23(18-20-26)30-22-27-14-7-8-15-28(27)31-29-16-9-21-37-36(29)41-32(30)31/h1-22H. The van der Waals surface area contributed by atoms with Gasteiger partial charge in [-0.1, -0.05) is 109 Å². The van der Waals surface area contributed by atoms with Gasteiger partial charge in [0.2, 0.25) is 5.71 Å². The molecule has 3 aromatic heterocycles. The first-order chi connectivity index (χ1) is 20.3. The maximum absolute atomic E-state index is 6.35. The SMILES string of the molecule is c1ccc(-c2nc(-c3ccccc3)nc(-c3ccc(-c4cc5ccccc5c5c4oc4ncccc45)cc3)n2)cc1. The summed E-state index contributed by atoms with van der Waals surface area (Å²) in [6, 6.07) is 43.0. The van der Waals surface area contributed by atoms with E-state index >= 15 is 0 Å². The molecule has 0 fully saturated rings. The van der Waals surface area contributed by atoms with E-state index in [0.717, 1.165) is 54.9 Å². The molecule has 0 amide bonds. The fourth-order valence-corrected chi connectivity index (χ4v) is 5.41. The van der Waals surface area contributed by atoms with E-state index in [-0.39, 0.29) is 0 Å². The summed E-state index contributed by atoms with van der Waals surface area (Å²) in [4.78, 5) is 19.0. The van der Waals surface area contributed by atoms with Crippen LogP contribution in [-0.4, -0.2) is 19.9 Å². The molecular weight excluding hydrogens is 504 g/mol. The van der Waals surface area contributed by atoms with Crippen LogP contribution in [0.4, 0.5) is 0 Å². The molecule has 0 aliphatic carbocycles. The number of aromatic nitrogens is 4. The van der Waals surface area contributed by atoms with Gasteiger partial charge < -0.3 is 4.42 Å². The predicted octanol–water partition coefficient (Wildman–Crippen LogP) is 8.99. The molecular formula is C36H22N4O. The predicted molar refractivity (Wildman–Crippen MR) is 164 cm³/mol. The molecule has 0 N–H and O–H groups in total. The Balaban J connectivity index is 1.28. The summed E-state index contributed by atoms with van der Waals surface area (Å²) in [5.74, 6) is 1.91. The summed E-state index contributed by atoms with van der Waals surface area (Å²) < 4.78 is 6.35. The van der Waals surface area contributed by atoms with Gasteiger partial charge in [-0.25, -0.2) is 19.9 Å². The van der Waals surface area contributed by atoms with Gasteiger partial charge in [0, 0.05) is 39.2 Å². The van der Waals surface area contributed by atoms with Gasteiger partial charge in [-0.2, -0.15) is 0 Å². The Labute approximate surface area is 235 Å². The number of hydrogen-bond acceptors (Lipinski definition) is 5. The Hall–Kier alpha value is -5.68. The third-order valence-electron chi connectivity index (χ3n) is 7.39. The zero-order chi connectivity index (χ0) is 27.2. The van der Waals surface area contributed by atoms with E-state index in [2.05, 4.69) is 65.6 Å². The summed E-state index contributed by atoms with van der Waals surface area (Å²) >= 11 is 0. The van der Waals surface area contributed by atoms with Crippen LogP contribution in [0.25, 0.3) is 78.1 Å². The quantitative estimate of drug-likeness (QED) is 0.229. The number of pyridine rings is 1. The molecule has 0 unspecified atom stereocenters. The molecule has 0 aliphatic rings. The minimum Gasteiger partial charge on any atom is -0.437 e. The molecule has 5 nitrogen and oxygen atoms in total. The molecule has 192 valence electrons. The van der Waals surface area contributed by atoms with Crippen molar-refractivity contribution in [3.05, 3.63) is 134 Å². The van der Waals surface area contributed by atoms with Crippen LogP contribution < -0.4 is 0 Å². The molecule has 5 aromatic carbocycles. The maximum Gasteiger partial charge on any atom is 0.227 e. The second-order valence-corrected chi connectivity index (χ2v) is 9.92. The van der Waals surface area contributed by atoms with Gasteiger partial charge in [0.25, 0.3) is 0 Å². The Kier molecular flexibility index (Phi) is 5.38. The highest BCUT2D eigenvalue weighted by Gasteiger charge is 2.17. The zero-order valence-corrected chi connectivity index (χ0v) is 21.9. The summed E-state index contributed by atoms with van der Waals surface area (Å²) in [5.41, 5.74) is 6.35. The molecule has 0 atom stereocenters. The molecule has 0 spiro atoms. The van der Waals surface area contributed by atoms with Gasteiger partial charge >= 0.3 is 0 Å². The maximum atomic E-state index is 6.35. The zero-order valence-electron chi connectivity index (χ0n) is 21.9. The fourth-order valence-electron chi connectivity index (χ4n) is 5.41. The Morgan fingerprint density at radius 3 is 1.66 bits per heavy atom. The number of fused-ring (bicyclic) bond motifs is 5. The Morgan fingerprint density at radius 2 is 1.00 bits per heavy atom. The lowest BCUT2D eigenvalue weighted by atomic mass is 9.96. The minimum atomic E-state index is 0.626. The van der Waals surface area contributed by atoms with Crippen LogP contribution in [0, 0.1) is 0 Å². The summed E-state index contributed by atoms with van der Waals surface area (Å²) in [6.07, 6.45) is 1.77. The lowest BCUT2D eigenvalue weighted by Gasteiger charge is -2.10. The van der Waals surface area contributed by atoms with Crippen molar-refractivity contribution in [1.82, 2.24) is 19.9 Å². The summed E-state index contributed by atoms with van der Waals surface area (Å²) in [7, 11) is 0. The average Bonchev–Trinajstić information content (AvgIpc) is 3.45. The second kappa shape index (κ2) is 9.50. The van der Waals surface area contributed by atoms with Gasteiger partial charge in [0.05, 0.1) is 0 Å². The van der Waals surface area contributed by atoms with E-state index < -0.39 is 0 Å². The van der Waals surface area contributed by atoms with Gasteiger partial charge in [-0.3, -0.25) is 0 Å².